The van der Waals surface area contributed by atoms with E-state index in [2.05, 4.69) is 26.3 Å². The molecule has 2 aliphatic heterocycles. The molecular weight excluding hydrogens is 342 g/mol. The summed E-state index contributed by atoms with van der Waals surface area (Å²) in [6, 6.07) is 5.51. The molecule has 3 rings (SSSR count). The number of amidine groups is 1. The van der Waals surface area contributed by atoms with Crippen LogP contribution in [0, 0.1) is 0 Å². The van der Waals surface area contributed by atoms with Gasteiger partial charge in [-0.25, -0.2) is 0 Å². The summed E-state index contributed by atoms with van der Waals surface area (Å²) in [6.45, 7) is 5.46. The van der Waals surface area contributed by atoms with Crippen molar-refractivity contribution in [2.24, 2.45) is 10.1 Å². The maximum absolute atomic E-state index is 11.7. The van der Waals surface area contributed by atoms with Crippen molar-refractivity contribution in [3.8, 4) is 5.75 Å². The number of fused-ring (bicyclic) bond motifs is 1. The first-order valence-electron chi connectivity index (χ1n) is 8.59. The Balaban J connectivity index is 1.74. The predicted octanol–water partition coefficient (Wildman–Crippen LogP) is 0.862. The summed E-state index contributed by atoms with van der Waals surface area (Å²) in [5.74, 6) is 0.507. The molecule has 0 saturated carbocycles. The Bertz CT molecular complexity index is 750. The van der Waals surface area contributed by atoms with Gasteiger partial charge in [0.15, 0.2) is 5.84 Å². The first-order chi connectivity index (χ1) is 12.0. The van der Waals surface area contributed by atoms with Crippen LogP contribution in [-0.2, 0) is 10.2 Å². The number of nitrogens with one attached hydrogen (secondary N) is 2. The van der Waals surface area contributed by atoms with E-state index in [1.165, 1.54) is 12.8 Å². The minimum Gasteiger partial charge on any atom is -0.491 e. The number of anilines is 1. The zero-order chi connectivity index (χ0) is 17.9. The van der Waals surface area contributed by atoms with Gasteiger partial charge in [-0.2, -0.15) is 8.42 Å². The molecule has 8 nitrogen and oxygen atoms in total. The van der Waals surface area contributed by atoms with E-state index in [1.54, 1.807) is 18.2 Å². The standard InChI is InChI=1S/C16H25N5O3S/c1-2-18-11-21-9-4-3-6-12(21)10-24-14-8-5-7-13-15(14)16(17)20-25(22,23)19-13/h5,7-8,12,18-19H,2-4,6,9-11H2,1H3,(H2,17,20)/t12-/m1/s1. The molecule has 1 fully saturated rings. The van der Waals surface area contributed by atoms with Gasteiger partial charge in [0.05, 0.1) is 11.3 Å². The largest absolute Gasteiger partial charge is 0.491 e. The van der Waals surface area contributed by atoms with Gasteiger partial charge in [-0.1, -0.05) is 19.4 Å². The number of piperidine rings is 1. The predicted molar refractivity (Wildman–Crippen MR) is 98.1 cm³/mol. The van der Waals surface area contributed by atoms with Crippen LogP contribution >= 0.6 is 0 Å². The van der Waals surface area contributed by atoms with Crippen molar-refractivity contribution in [3.05, 3.63) is 23.8 Å². The highest BCUT2D eigenvalue weighted by Crippen LogP contribution is 2.31. The Morgan fingerprint density at radius 3 is 3.08 bits per heavy atom. The molecule has 4 N–H and O–H groups in total. The lowest BCUT2D eigenvalue weighted by Crippen LogP contribution is -2.47. The van der Waals surface area contributed by atoms with Crippen LogP contribution in [0.25, 0.3) is 0 Å². The Morgan fingerprint density at radius 2 is 2.28 bits per heavy atom. The van der Waals surface area contributed by atoms with Crippen molar-refractivity contribution >= 4 is 21.7 Å². The van der Waals surface area contributed by atoms with Gasteiger partial charge < -0.3 is 15.8 Å². The summed E-state index contributed by atoms with van der Waals surface area (Å²) in [6.07, 6.45) is 3.47. The lowest BCUT2D eigenvalue weighted by Gasteiger charge is -2.35. The number of nitrogens with two attached hydrogens (primary N) is 1. The lowest BCUT2D eigenvalue weighted by molar-refractivity contribution is 0.0925. The summed E-state index contributed by atoms with van der Waals surface area (Å²) in [4.78, 5) is 2.39. The lowest BCUT2D eigenvalue weighted by atomic mass is 10.0. The Morgan fingerprint density at radius 1 is 1.44 bits per heavy atom. The van der Waals surface area contributed by atoms with Crippen molar-refractivity contribution in [3.63, 3.8) is 0 Å². The third kappa shape index (κ3) is 4.23. The first-order valence-corrected chi connectivity index (χ1v) is 10.0. The first kappa shape index (κ1) is 18.0. The molecule has 0 unspecified atom stereocenters. The highest BCUT2D eigenvalue weighted by Gasteiger charge is 2.26. The number of likely N-dealkylation sites (tertiary alicyclic amines) is 1. The summed E-state index contributed by atoms with van der Waals surface area (Å²) < 4.78 is 35.2. The van der Waals surface area contributed by atoms with Gasteiger partial charge in [0.2, 0.25) is 0 Å². The van der Waals surface area contributed by atoms with Crippen LogP contribution in [0.2, 0.25) is 0 Å². The topological polar surface area (TPSA) is 109 Å². The fraction of sp³-hybridized carbons (Fsp3) is 0.562. The highest BCUT2D eigenvalue weighted by atomic mass is 32.2. The number of hydrogen-bond acceptors (Lipinski definition) is 6. The van der Waals surface area contributed by atoms with E-state index in [0.717, 1.165) is 26.2 Å². The van der Waals surface area contributed by atoms with Crippen molar-refractivity contribution in [1.29, 1.82) is 0 Å². The van der Waals surface area contributed by atoms with Gasteiger partial charge in [0, 0.05) is 12.7 Å². The third-order valence-electron chi connectivity index (χ3n) is 4.49. The second-order valence-electron chi connectivity index (χ2n) is 6.27. The number of rotatable bonds is 6. The average Bonchev–Trinajstić information content (AvgIpc) is 2.57. The van der Waals surface area contributed by atoms with E-state index >= 15 is 0 Å². The average molecular weight is 367 g/mol. The second kappa shape index (κ2) is 7.59. The summed E-state index contributed by atoms with van der Waals surface area (Å²) in [5, 5.41) is 3.37. The van der Waals surface area contributed by atoms with Crippen molar-refractivity contribution in [2.45, 2.75) is 32.2 Å². The molecule has 0 amide bonds. The summed E-state index contributed by atoms with van der Waals surface area (Å²) in [5.41, 5.74) is 6.76. The number of ether oxygens (including phenoxy) is 1. The molecule has 2 heterocycles. The number of benzene rings is 1. The maximum Gasteiger partial charge on any atom is 0.344 e. The van der Waals surface area contributed by atoms with Crippen LogP contribution in [0.15, 0.2) is 22.6 Å². The monoisotopic (exact) mass is 367 g/mol. The van der Waals surface area contributed by atoms with E-state index < -0.39 is 10.2 Å². The third-order valence-corrected chi connectivity index (χ3v) is 5.40. The number of nitrogens with zero attached hydrogens (tertiary/aromatic N) is 2. The summed E-state index contributed by atoms with van der Waals surface area (Å²) in [7, 11) is -3.78. The normalized spacial score (nSPS) is 22.6. The van der Waals surface area contributed by atoms with Gasteiger partial charge >= 0.3 is 10.2 Å². The Hall–Kier alpha value is -1.84. The fourth-order valence-corrected chi connectivity index (χ4v) is 4.08. The van der Waals surface area contributed by atoms with Gasteiger partial charge in [-0.05, 0) is 38.1 Å². The fourth-order valence-electron chi connectivity index (χ4n) is 3.24. The van der Waals surface area contributed by atoms with Crippen LogP contribution < -0.4 is 20.5 Å². The number of hydrogen-bond donors (Lipinski definition) is 3. The molecule has 0 aromatic heterocycles. The van der Waals surface area contributed by atoms with Crippen molar-refractivity contribution in [2.75, 3.05) is 31.1 Å². The molecule has 138 valence electrons. The van der Waals surface area contributed by atoms with E-state index in [4.69, 9.17) is 10.5 Å². The van der Waals surface area contributed by atoms with Crippen LogP contribution in [0.1, 0.15) is 31.7 Å². The molecular formula is C16H25N5O3S. The molecule has 0 radical (unpaired) electrons. The minimum absolute atomic E-state index is 0.0440. The molecule has 1 saturated heterocycles. The van der Waals surface area contributed by atoms with E-state index in [-0.39, 0.29) is 5.84 Å². The smallest absolute Gasteiger partial charge is 0.344 e. The molecule has 0 bridgehead atoms. The van der Waals surface area contributed by atoms with E-state index in [9.17, 15) is 8.42 Å². The minimum atomic E-state index is -3.78. The maximum atomic E-state index is 11.7. The molecule has 0 spiro atoms. The second-order valence-corrected chi connectivity index (χ2v) is 7.60. The van der Waals surface area contributed by atoms with Gasteiger partial charge in [-0.3, -0.25) is 9.62 Å². The molecule has 2 aliphatic rings. The molecule has 9 heteroatoms. The molecule has 1 aromatic carbocycles. The zero-order valence-electron chi connectivity index (χ0n) is 14.4. The molecule has 1 aromatic rings. The highest BCUT2D eigenvalue weighted by molar-refractivity contribution is 7.91. The van der Waals surface area contributed by atoms with Crippen LogP contribution in [0.3, 0.4) is 0 Å². The van der Waals surface area contributed by atoms with Gasteiger partial charge in [0.1, 0.15) is 12.4 Å². The molecule has 1 atom stereocenters. The van der Waals surface area contributed by atoms with Crippen LogP contribution in [0.4, 0.5) is 5.69 Å². The van der Waals surface area contributed by atoms with Gasteiger partial charge in [0.25, 0.3) is 0 Å². The van der Waals surface area contributed by atoms with E-state index in [1.807, 2.05) is 0 Å². The Labute approximate surface area is 148 Å². The van der Waals surface area contributed by atoms with Crippen molar-refractivity contribution < 1.29 is 13.2 Å². The summed E-state index contributed by atoms with van der Waals surface area (Å²) >= 11 is 0. The van der Waals surface area contributed by atoms with Crippen LogP contribution in [-0.4, -0.2) is 51.6 Å². The molecule has 0 aliphatic carbocycles. The SMILES string of the molecule is CCNCN1CCCC[C@@H]1COc1cccc2c1C(N)=NS(=O)(=O)N2. The zero-order valence-corrected chi connectivity index (χ0v) is 15.2. The quantitative estimate of drug-likeness (QED) is 0.688. The van der Waals surface area contributed by atoms with Crippen molar-refractivity contribution in [1.82, 2.24) is 10.2 Å². The van der Waals surface area contributed by atoms with Gasteiger partial charge in [-0.15, -0.1) is 4.40 Å². The van der Waals surface area contributed by atoms with Crippen LogP contribution in [0.5, 0.6) is 5.75 Å². The molecule has 25 heavy (non-hydrogen) atoms. The van der Waals surface area contributed by atoms with E-state index in [0.29, 0.717) is 29.6 Å². The Kier molecular flexibility index (Phi) is 5.45.